The molecule has 0 aromatic heterocycles. The van der Waals surface area contributed by atoms with Crippen LogP contribution in [0.15, 0.2) is 0 Å². The van der Waals surface area contributed by atoms with Crippen LogP contribution in [0, 0.1) is 11.8 Å². The fourth-order valence-electron chi connectivity index (χ4n) is 3.35. The number of nitrogens with zero attached hydrogens (tertiary/aromatic N) is 1. The van der Waals surface area contributed by atoms with Gasteiger partial charge in [-0.25, -0.2) is 4.39 Å². The SMILES string of the molecule is CC(C)C12CC(F)CN1C[C@H](C)C2. The van der Waals surface area contributed by atoms with E-state index in [2.05, 4.69) is 25.7 Å². The van der Waals surface area contributed by atoms with E-state index in [-0.39, 0.29) is 5.54 Å². The van der Waals surface area contributed by atoms with Crippen LogP contribution < -0.4 is 0 Å². The third-order valence-electron chi connectivity index (χ3n) is 3.93. The van der Waals surface area contributed by atoms with Gasteiger partial charge in [-0.3, -0.25) is 4.90 Å². The van der Waals surface area contributed by atoms with Crippen molar-refractivity contribution in [2.45, 2.75) is 45.3 Å². The summed E-state index contributed by atoms with van der Waals surface area (Å²) in [6, 6.07) is 0. The molecule has 2 saturated heterocycles. The Labute approximate surface area is 80.3 Å². The van der Waals surface area contributed by atoms with E-state index in [0.717, 1.165) is 18.9 Å². The molecule has 0 N–H and O–H groups in total. The lowest BCUT2D eigenvalue weighted by Crippen LogP contribution is -2.42. The summed E-state index contributed by atoms with van der Waals surface area (Å²) in [4.78, 5) is 2.40. The minimum atomic E-state index is -0.574. The second kappa shape index (κ2) is 2.94. The lowest BCUT2D eigenvalue weighted by molar-refractivity contribution is 0.136. The molecule has 0 bridgehead atoms. The van der Waals surface area contributed by atoms with Crippen molar-refractivity contribution in [1.29, 1.82) is 0 Å². The minimum Gasteiger partial charge on any atom is -0.294 e. The van der Waals surface area contributed by atoms with Crippen LogP contribution in [0.3, 0.4) is 0 Å². The number of hydrogen-bond donors (Lipinski definition) is 0. The molecule has 3 atom stereocenters. The molecular formula is C11H20FN. The second-order valence-corrected chi connectivity index (χ2v) is 5.27. The van der Waals surface area contributed by atoms with E-state index < -0.39 is 6.17 Å². The van der Waals surface area contributed by atoms with E-state index >= 15 is 0 Å². The van der Waals surface area contributed by atoms with Gasteiger partial charge in [0.15, 0.2) is 0 Å². The maximum atomic E-state index is 13.3. The topological polar surface area (TPSA) is 3.24 Å². The molecule has 2 heteroatoms. The molecule has 2 aliphatic rings. The molecule has 0 aromatic rings. The van der Waals surface area contributed by atoms with Gasteiger partial charge in [0, 0.05) is 18.6 Å². The van der Waals surface area contributed by atoms with Crippen molar-refractivity contribution in [3.05, 3.63) is 0 Å². The lowest BCUT2D eigenvalue weighted by atomic mass is 9.80. The lowest BCUT2D eigenvalue weighted by Gasteiger charge is -2.35. The predicted octanol–water partition coefficient (Wildman–Crippen LogP) is 2.46. The Hall–Kier alpha value is -0.110. The van der Waals surface area contributed by atoms with E-state index in [1.807, 2.05) is 0 Å². The van der Waals surface area contributed by atoms with Gasteiger partial charge < -0.3 is 0 Å². The molecule has 2 fully saturated rings. The van der Waals surface area contributed by atoms with Crippen molar-refractivity contribution in [2.24, 2.45) is 11.8 Å². The quantitative estimate of drug-likeness (QED) is 0.606. The van der Waals surface area contributed by atoms with E-state index in [1.165, 1.54) is 6.42 Å². The summed E-state index contributed by atoms with van der Waals surface area (Å²) in [5.74, 6) is 1.35. The second-order valence-electron chi connectivity index (χ2n) is 5.27. The van der Waals surface area contributed by atoms with Gasteiger partial charge in [-0.2, -0.15) is 0 Å². The van der Waals surface area contributed by atoms with Crippen LogP contribution in [0.4, 0.5) is 4.39 Å². The van der Waals surface area contributed by atoms with Crippen molar-refractivity contribution in [2.75, 3.05) is 13.1 Å². The summed E-state index contributed by atoms with van der Waals surface area (Å²) in [5.41, 5.74) is 0.207. The molecule has 0 spiro atoms. The molecule has 1 nitrogen and oxygen atoms in total. The summed E-state index contributed by atoms with van der Waals surface area (Å²) >= 11 is 0. The van der Waals surface area contributed by atoms with Gasteiger partial charge in [-0.1, -0.05) is 20.8 Å². The molecule has 76 valence electrons. The highest BCUT2D eigenvalue weighted by Gasteiger charge is 2.52. The van der Waals surface area contributed by atoms with Crippen molar-refractivity contribution < 1.29 is 4.39 Å². The highest BCUT2D eigenvalue weighted by molar-refractivity contribution is 5.06. The molecule has 2 aliphatic heterocycles. The minimum absolute atomic E-state index is 0.207. The van der Waals surface area contributed by atoms with E-state index in [9.17, 15) is 4.39 Å². The number of alkyl halides is 1. The van der Waals surface area contributed by atoms with Crippen LogP contribution in [-0.2, 0) is 0 Å². The highest BCUT2D eigenvalue weighted by Crippen LogP contribution is 2.46. The fraction of sp³-hybridized carbons (Fsp3) is 1.00. The highest BCUT2D eigenvalue weighted by atomic mass is 19.1. The largest absolute Gasteiger partial charge is 0.294 e. The third-order valence-corrected chi connectivity index (χ3v) is 3.93. The molecule has 13 heavy (non-hydrogen) atoms. The molecule has 0 radical (unpaired) electrons. The van der Waals surface area contributed by atoms with Crippen molar-refractivity contribution in [1.82, 2.24) is 4.90 Å². The number of fused-ring (bicyclic) bond motifs is 1. The van der Waals surface area contributed by atoms with Gasteiger partial charge in [0.1, 0.15) is 6.17 Å². The Kier molecular flexibility index (Phi) is 2.14. The first-order valence-corrected chi connectivity index (χ1v) is 5.44. The van der Waals surface area contributed by atoms with Crippen LogP contribution in [-0.4, -0.2) is 29.7 Å². The van der Waals surface area contributed by atoms with Gasteiger partial charge >= 0.3 is 0 Å². The average molecular weight is 185 g/mol. The Morgan fingerprint density at radius 1 is 1.31 bits per heavy atom. The standard InChI is InChI=1S/C11H20FN/c1-8(2)11-4-9(3)6-13(11)7-10(12)5-11/h8-10H,4-7H2,1-3H3/t9-,10?,11?/m1/s1. The van der Waals surface area contributed by atoms with Crippen LogP contribution in [0.25, 0.3) is 0 Å². The van der Waals surface area contributed by atoms with Crippen LogP contribution in [0.5, 0.6) is 0 Å². The first-order chi connectivity index (χ1) is 6.04. The van der Waals surface area contributed by atoms with E-state index in [1.54, 1.807) is 0 Å². The molecule has 2 heterocycles. The maximum Gasteiger partial charge on any atom is 0.115 e. The Bertz CT molecular complexity index is 188. The summed E-state index contributed by atoms with van der Waals surface area (Å²) in [5, 5.41) is 0. The average Bonchev–Trinajstić information content (AvgIpc) is 2.40. The molecule has 0 amide bonds. The van der Waals surface area contributed by atoms with Gasteiger partial charge in [0.2, 0.25) is 0 Å². The normalized spacial score (nSPS) is 45.9. The third kappa shape index (κ3) is 1.30. The van der Waals surface area contributed by atoms with Crippen molar-refractivity contribution >= 4 is 0 Å². The zero-order valence-corrected chi connectivity index (χ0v) is 8.89. The summed E-state index contributed by atoms with van der Waals surface area (Å²) in [7, 11) is 0. The Morgan fingerprint density at radius 2 is 2.00 bits per heavy atom. The summed E-state index contributed by atoms with van der Waals surface area (Å²) in [6.45, 7) is 8.56. The van der Waals surface area contributed by atoms with Crippen molar-refractivity contribution in [3.8, 4) is 0 Å². The predicted molar refractivity (Wildman–Crippen MR) is 52.4 cm³/mol. The molecule has 2 rings (SSSR count). The van der Waals surface area contributed by atoms with E-state index in [4.69, 9.17) is 0 Å². The zero-order valence-electron chi connectivity index (χ0n) is 8.89. The smallest absolute Gasteiger partial charge is 0.115 e. The van der Waals surface area contributed by atoms with Crippen LogP contribution >= 0.6 is 0 Å². The number of hydrogen-bond acceptors (Lipinski definition) is 1. The molecular weight excluding hydrogens is 165 g/mol. The Balaban J connectivity index is 2.21. The summed E-state index contributed by atoms with van der Waals surface area (Å²) < 4.78 is 13.3. The molecule has 2 unspecified atom stereocenters. The molecule has 0 aromatic carbocycles. The first kappa shape index (κ1) is 9.45. The number of halogens is 1. The van der Waals surface area contributed by atoms with Crippen LogP contribution in [0.1, 0.15) is 33.6 Å². The molecule has 0 saturated carbocycles. The van der Waals surface area contributed by atoms with Gasteiger partial charge in [0.25, 0.3) is 0 Å². The maximum absolute atomic E-state index is 13.3. The van der Waals surface area contributed by atoms with Crippen LogP contribution in [0.2, 0.25) is 0 Å². The van der Waals surface area contributed by atoms with Gasteiger partial charge in [0.05, 0.1) is 0 Å². The van der Waals surface area contributed by atoms with Crippen molar-refractivity contribution in [3.63, 3.8) is 0 Å². The zero-order chi connectivity index (χ0) is 9.64. The number of rotatable bonds is 1. The van der Waals surface area contributed by atoms with Gasteiger partial charge in [-0.15, -0.1) is 0 Å². The Morgan fingerprint density at radius 3 is 2.54 bits per heavy atom. The monoisotopic (exact) mass is 185 g/mol. The van der Waals surface area contributed by atoms with Gasteiger partial charge in [-0.05, 0) is 24.7 Å². The fourth-order valence-corrected chi connectivity index (χ4v) is 3.35. The summed E-state index contributed by atoms with van der Waals surface area (Å²) in [6.07, 6.45) is 1.40. The molecule has 0 aliphatic carbocycles. The first-order valence-electron chi connectivity index (χ1n) is 5.44. The van der Waals surface area contributed by atoms with E-state index in [0.29, 0.717) is 12.5 Å².